The molecule has 114 valence electrons. The molecule has 0 saturated carbocycles. The van der Waals surface area contributed by atoms with Crippen LogP contribution in [0.5, 0.6) is 0 Å². The van der Waals surface area contributed by atoms with Crippen molar-refractivity contribution in [1.29, 1.82) is 0 Å². The molecule has 0 unspecified atom stereocenters. The Morgan fingerprint density at radius 2 is 1.17 bits per heavy atom. The van der Waals surface area contributed by atoms with E-state index in [0.29, 0.717) is 5.19 Å². The zero-order valence-corrected chi connectivity index (χ0v) is 13.8. The Bertz CT molecular complexity index is 944. The Labute approximate surface area is 135 Å². The summed E-state index contributed by atoms with van der Waals surface area (Å²) in [6, 6.07) is 24.2. The van der Waals surface area contributed by atoms with Crippen molar-refractivity contribution in [3.05, 3.63) is 72.8 Å². The highest BCUT2D eigenvalue weighted by Crippen LogP contribution is 2.31. The quantitative estimate of drug-likeness (QED) is 0.558. The van der Waals surface area contributed by atoms with Gasteiger partial charge in [0.25, 0.3) is 0 Å². The zero-order chi connectivity index (χ0) is 16.0. The largest absolute Gasteiger partial charge is 0.408 e. The van der Waals surface area contributed by atoms with Gasteiger partial charge in [-0.2, -0.15) is 0 Å². The van der Waals surface area contributed by atoms with Crippen molar-refractivity contribution < 1.29 is 9.59 Å². The molecule has 1 heterocycles. The van der Waals surface area contributed by atoms with Gasteiger partial charge >= 0.3 is 8.56 Å². The van der Waals surface area contributed by atoms with Crippen LogP contribution in [0.2, 0.25) is 6.55 Å². The van der Waals surface area contributed by atoms with E-state index in [9.17, 15) is 9.59 Å². The Kier molecular flexibility index (Phi) is 3.13. The Morgan fingerprint density at radius 1 is 0.696 bits per heavy atom. The van der Waals surface area contributed by atoms with Gasteiger partial charge in [-0.25, -0.2) is 0 Å². The van der Waals surface area contributed by atoms with Gasteiger partial charge in [-0.05, 0) is 36.0 Å². The van der Waals surface area contributed by atoms with Gasteiger partial charge in [0, 0.05) is 16.5 Å². The van der Waals surface area contributed by atoms with E-state index < -0.39 is 8.56 Å². The van der Waals surface area contributed by atoms with E-state index in [1.807, 2.05) is 36.4 Å². The molecule has 23 heavy (non-hydrogen) atoms. The van der Waals surface area contributed by atoms with Crippen LogP contribution in [0.25, 0.3) is 27.5 Å². The second-order valence-electron chi connectivity index (χ2n) is 5.94. The van der Waals surface area contributed by atoms with Crippen LogP contribution >= 0.6 is 0 Å². The molecule has 0 spiro atoms. The number of benzene rings is 3. The van der Waals surface area contributed by atoms with Crippen LogP contribution in [0.1, 0.15) is 0 Å². The molecule has 0 aliphatic carbocycles. The van der Waals surface area contributed by atoms with E-state index in [2.05, 4.69) is 41.0 Å². The minimum absolute atomic E-state index is 0.613. The molecule has 0 saturated heterocycles. The summed E-state index contributed by atoms with van der Waals surface area (Å²) in [5.41, 5.74) is 3.31. The predicted molar refractivity (Wildman–Crippen MR) is 96.5 cm³/mol. The Balaban J connectivity index is 2.01. The van der Waals surface area contributed by atoms with Crippen molar-refractivity contribution in [2.45, 2.75) is 6.55 Å². The SMILES string of the molecule is C[Si](O)(O)c1ccc(-n2c3ccccc3c3ccccc32)cc1. The molecule has 3 nitrogen and oxygen atoms in total. The van der Waals surface area contributed by atoms with Gasteiger partial charge in [-0.3, -0.25) is 0 Å². The standard InChI is InChI=1S/C19H17NO2Si/c1-23(21,22)15-12-10-14(11-13-15)20-18-8-4-2-6-16(18)17-7-3-5-9-19(17)20/h2-13,21-22H,1H3. The minimum Gasteiger partial charge on any atom is -0.408 e. The summed E-state index contributed by atoms with van der Waals surface area (Å²) in [7, 11) is -3.26. The third kappa shape index (κ3) is 2.28. The average molecular weight is 319 g/mol. The van der Waals surface area contributed by atoms with E-state index >= 15 is 0 Å². The maximum atomic E-state index is 9.84. The summed E-state index contributed by atoms with van der Waals surface area (Å²) >= 11 is 0. The summed E-state index contributed by atoms with van der Waals surface area (Å²) in [4.78, 5) is 19.7. The second-order valence-corrected chi connectivity index (χ2v) is 8.56. The first kappa shape index (κ1) is 14.2. The molecule has 3 aromatic carbocycles. The van der Waals surface area contributed by atoms with Gasteiger partial charge in [0.05, 0.1) is 11.0 Å². The lowest BCUT2D eigenvalue weighted by molar-refractivity contribution is 0.392. The molecule has 1 aromatic heterocycles. The number of hydrogen-bond donors (Lipinski definition) is 2. The number of nitrogens with zero attached hydrogens (tertiary/aromatic N) is 1. The lowest BCUT2D eigenvalue weighted by Crippen LogP contribution is -2.44. The van der Waals surface area contributed by atoms with Crippen LogP contribution in [0.3, 0.4) is 0 Å². The van der Waals surface area contributed by atoms with Crippen LogP contribution < -0.4 is 5.19 Å². The summed E-state index contributed by atoms with van der Waals surface area (Å²) in [5, 5.41) is 3.05. The van der Waals surface area contributed by atoms with Crippen molar-refractivity contribution in [2.24, 2.45) is 0 Å². The first-order valence-corrected chi connectivity index (χ1v) is 9.99. The Morgan fingerprint density at radius 3 is 1.65 bits per heavy atom. The summed E-state index contributed by atoms with van der Waals surface area (Å²) in [6.07, 6.45) is 0. The van der Waals surface area contributed by atoms with Gasteiger partial charge < -0.3 is 14.2 Å². The molecule has 4 aromatic rings. The third-order valence-electron chi connectivity index (χ3n) is 4.25. The number of rotatable bonds is 2. The molecule has 0 aliphatic heterocycles. The lowest BCUT2D eigenvalue weighted by atomic mass is 10.2. The van der Waals surface area contributed by atoms with Crippen molar-refractivity contribution in [3.63, 3.8) is 0 Å². The molecule has 0 fully saturated rings. The van der Waals surface area contributed by atoms with E-state index in [0.717, 1.165) is 16.7 Å². The fourth-order valence-electron chi connectivity index (χ4n) is 3.13. The van der Waals surface area contributed by atoms with E-state index in [1.165, 1.54) is 17.3 Å². The Hall–Kier alpha value is -2.40. The normalized spacial score (nSPS) is 12.1. The molecular weight excluding hydrogens is 302 g/mol. The summed E-state index contributed by atoms with van der Waals surface area (Å²) < 4.78 is 2.21. The van der Waals surface area contributed by atoms with Crippen molar-refractivity contribution in [2.75, 3.05) is 0 Å². The molecule has 0 aliphatic rings. The number of fused-ring (bicyclic) bond motifs is 3. The lowest BCUT2D eigenvalue weighted by Gasteiger charge is -2.14. The van der Waals surface area contributed by atoms with E-state index in [1.54, 1.807) is 0 Å². The fraction of sp³-hybridized carbons (Fsp3) is 0.0526. The zero-order valence-electron chi connectivity index (χ0n) is 12.8. The van der Waals surface area contributed by atoms with Gasteiger partial charge in [-0.1, -0.05) is 48.5 Å². The molecule has 2 N–H and O–H groups in total. The van der Waals surface area contributed by atoms with Crippen LogP contribution in [0.4, 0.5) is 0 Å². The van der Waals surface area contributed by atoms with E-state index in [-0.39, 0.29) is 0 Å². The molecule has 4 heteroatoms. The summed E-state index contributed by atoms with van der Waals surface area (Å²) in [6.45, 7) is 1.50. The highest BCUT2D eigenvalue weighted by Gasteiger charge is 2.24. The number of hydrogen-bond acceptors (Lipinski definition) is 2. The fourth-order valence-corrected chi connectivity index (χ4v) is 3.93. The predicted octanol–water partition coefficient (Wildman–Crippen LogP) is 3.05. The van der Waals surface area contributed by atoms with Gasteiger partial charge in [0.1, 0.15) is 0 Å². The van der Waals surface area contributed by atoms with Gasteiger partial charge in [0.2, 0.25) is 0 Å². The second kappa shape index (κ2) is 5.06. The third-order valence-corrected chi connectivity index (χ3v) is 5.68. The molecule has 0 radical (unpaired) electrons. The van der Waals surface area contributed by atoms with Crippen LogP contribution in [-0.2, 0) is 0 Å². The monoisotopic (exact) mass is 319 g/mol. The number of aromatic nitrogens is 1. The highest BCUT2D eigenvalue weighted by atomic mass is 28.4. The van der Waals surface area contributed by atoms with Crippen LogP contribution in [0.15, 0.2) is 72.8 Å². The maximum absolute atomic E-state index is 9.84. The van der Waals surface area contributed by atoms with E-state index in [4.69, 9.17) is 0 Å². The van der Waals surface area contributed by atoms with Crippen LogP contribution in [-0.4, -0.2) is 22.7 Å². The minimum atomic E-state index is -3.26. The van der Waals surface area contributed by atoms with Crippen LogP contribution in [0, 0.1) is 0 Å². The smallest absolute Gasteiger partial charge is 0.363 e. The highest BCUT2D eigenvalue weighted by molar-refractivity contribution is 6.77. The summed E-state index contributed by atoms with van der Waals surface area (Å²) in [5.74, 6) is 0. The first-order valence-electron chi connectivity index (χ1n) is 7.59. The topological polar surface area (TPSA) is 45.4 Å². The molecule has 4 rings (SSSR count). The number of para-hydroxylation sites is 2. The van der Waals surface area contributed by atoms with Crippen molar-refractivity contribution >= 4 is 35.6 Å². The van der Waals surface area contributed by atoms with Crippen molar-refractivity contribution in [1.82, 2.24) is 4.57 Å². The first-order chi connectivity index (χ1) is 11.1. The van der Waals surface area contributed by atoms with Gasteiger partial charge in [-0.15, -0.1) is 0 Å². The molecule has 0 bridgehead atoms. The molecule has 0 atom stereocenters. The average Bonchev–Trinajstić information content (AvgIpc) is 2.89. The maximum Gasteiger partial charge on any atom is 0.363 e. The van der Waals surface area contributed by atoms with Gasteiger partial charge in [0.15, 0.2) is 0 Å². The van der Waals surface area contributed by atoms with Crippen molar-refractivity contribution in [3.8, 4) is 5.69 Å². The molecular formula is C19H17NO2Si. The molecule has 0 amide bonds.